The first-order valence-corrected chi connectivity index (χ1v) is 13.6. The maximum Gasteiger partial charge on any atom is 0.183 e. The Hall–Kier alpha value is -3.90. The number of carbonyl (C=O) groups is 4. The molecule has 0 bridgehead atoms. The van der Waals surface area contributed by atoms with Crippen molar-refractivity contribution in [2.24, 2.45) is 15.8 Å². The van der Waals surface area contributed by atoms with Crippen LogP contribution in [0.1, 0.15) is 58.6 Å². The number of rotatable bonds is 5. The fourth-order valence-electron chi connectivity index (χ4n) is 4.76. The summed E-state index contributed by atoms with van der Waals surface area (Å²) in [5.41, 5.74) is 2.31. The van der Waals surface area contributed by atoms with Gasteiger partial charge in [-0.05, 0) is 70.5 Å². The van der Waals surface area contributed by atoms with Gasteiger partial charge in [0.25, 0.3) is 0 Å². The summed E-state index contributed by atoms with van der Waals surface area (Å²) in [4.78, 5) is 58.6. The minimum atomic E-state index is -0.885. The minimum Gasteiger partial charge on any atom is -0.290 e. The molecule has 5 nitrogen and oxygen atoms in total. The number of aliphatic imine (C=N–C) groups is 1. The molecule has 2 aromatic carbocycles. The lowest BCUT2D eigenvalue weighted by atomic mass is 9.72. The van der Waals surface area contributed by atoms with Crippen LogP contribution in [-0.4, -0.2) is 29.3 Å². The van der Waals surface area contributed by atoms with Crippen LogP contribution in [-0.2, 0) is 19.2 Å². The van der Waals surface area contributed by atoms with Crippen LogP contribution in [0.5, 0.6) is 0 Å². The zero-order chi connectivity index (χ0) is 29.4. The zero-order valence-electron chi connectivity index (χ0n) is 23.6. The van der Waals surface area contributed by atoms with E-state index in [1.807, 2.05) is 65.8 Å². The maximum atomic E-state index is 13.5. The van der Waals surface area contributed by atoms with Crippen LogP contribution in [0.3, 0.4) is 0 Å². The molecule has 0 aromatic heterocycles. The number of nitrogens with zero attached hydrogens (tertiary/aromatic N) is 1. The molecule has 0 fully saturated rings. The molecule has 0 saturated carbocycles. The van der Waals surface area contributed by atoms with Gasteiger partial charge in [-0.3, -0.25) is 24.2 Å². The lowest BCUT2D eigenvalue weighted by Crippen LogP contribution is -2.29. The Morgan fingerprint density at radius 1 is 0.625 bits per heavy atom. The number of carbonyl (C=O) groups excluding carboxylic acids is 4. The van der Waals surface area contributed by atoms with Crippen molar-refractivity contribution in [1.29, 1.82) is 0 Å². The second-order valence-electron chi connectivity index (χ2n) is 12.1. The van der Waals surface area contributed by atoms with Gasteiger partial charge in [0.05, 0.1) is 5.69 Å². The molecule has 40 heavy (non-hydrogen) atoms. The number of hydrogen-bond donors (Lipinski definition) is 1. The van der Waals surface area contributed by atoms with Gasteiger partial charge < -0.3 is 0 Å². The molecule has 0 N–H and O–H groups in total. The summed E-state index contributed by atoms with van der Waals surface area (Å²) in [6.07, 6.45) is 7.12. The molecule has 0 spiro atoms. The van der Waals surface area contributed by atoms with Crippen LogP contribution in [0.25, 0.3) is 0 Å². The fraction of sp³-hybridized carbons (Fsp3) is 0.265. The molecular formula is C34H33NO4S. The van der Waals surface area contributed by atoms with Crippen molar-refractivity contribution in [3.05, 3.63) is 106 Å². The smallest absolute Gasteiger partial charge is 0.183 e. The van der Waals surface area contributed by atoms with Crippen LogP contribution in [0.2, 0.25) is 0 Å². The molecule has 0 atom stereocenters. The van der Waals surface area contributed by atoms with Gasteiger partial charge >= 0.3 is 0 Å². The van der Waals surface area contributed by atoms with Crippen LogP contribution in [0.4, 0.5) is 5.69 Å². The summed E-state index contributed by atoms with van der Waals surface area (Å²) in [5, 5.41) is 0. The highest BCUT2D eigenvalue weighted by Crippen LogP contribution is 2.41. The van der Waals surface area contributed by atoms with Gasteiger partial charge in [0.1, 0.15) is 0 Å². The summed E-state index contributed by atoms with van der Waals surface area (Å²) >= 11 is 4.30. The first-order valence-electron chi connectivity index (χ1n) is 13.1. The molecule has 0 unspecified atom stereocenters. The van der Waals surface area contributed by atoms with Crippen molar-refractivity contribution in [3.63, 3.8) is 0 Å². The van der Waals surface area contributed by atoms with E-state index in [0.29, 0.717) is 22.4 Å². The Morgan fingerprint density at radius 3 is 1.50 bits per heavy atom. The van der Waals surface area contributed by atoms with E-state index in [1.54, 1.807) is 30.5 Å². The molecule has 4 rings (SSSR count). The molecule has 204 valence electrons. The van der Waals surface area contributed by atoms with Crippen molar-refractivity contribution in [1.82, 2.24) is 0 Å². The Labute approximate surface area is 240 Å². The first kappa shape index (κ1) is 29.1. The van der Waals surface area contributed by atoms with Crippen molar-refractivity contribution < 1.29 is 19.2 Å². The Kier molecular flexibility index (Phi) is 7.95. The largest absolute Gasteiger partial charge is 0.290 e. The molecule has 0 radical (unpaired) electrons. The molecule has 0 heterocycles. The van der Waals surface area contributed by atoms with Crippen LogP contribution in [0.15, 0.2) is 105 Å². The predicted molar refractivity (Wildman–Crippen MR) is 161 cm³/mol. The second kappa shape index (κ2) is 10.9. The molecule has 0 aliphatic heterocycles. The van der Waals surface area contributed by atoms with E-state index in [9.17, 15) is 19.2 Å². The molecule has 2 aliphatic rings. The highest BCUT2D eigenvalue weighted by Gasteiger charge is 2.37. The Morgan fingerprint density at radius 2 is 1.07 bits per heavy atom. The molecule has 0 saturated heterocycles. The van der Waals surface area contributed by atoms with Gasteiger partial charge in [-0.2, -0.15) is 0 Å². The van der Waals surface area contributed by atoms with Crippen molar-refractivity contribution in [2.45, 2.75) is 52.4 Å². The zero-order valence-corrected chi connectivity index (χ0v) is 24.5. The summed E-state index contributed by atoms with van der Waals surface area (Å²) in [5.74, 6) is -2.14. The monoisotopic (exact) mass is 551 g/mol. The second-order valence-corrected chi connectivity index (χ2v) is 12.7. The fourth-order valence-corrected chi connectivity index (χ4v) is 4.91. The Bertz CT molecular complexity index is 1480. The van der Waals surface area contributed by atoms with E-state index in [1.165, 1.54) is 24.3 Å². The quantitative estimate of drug-likeness (QED) is 0.249. The third-order valence-electron chi connectivity index (χ3n) is 6.94. The van der Waals surface area contributed by atoms with Crippen LogP contribution < -0.4 is 0 Å². The molecule has 6 heteroatoms. The van der Waals surface area contributed by atoms with Gasteiger partial charge in [-0.15, -0.1) is 12.6 Å². The topological polar surface area (TPSA) is 80.6 Å². The summed E-state index contributed by atoms with van der Waals surface area (Å²) < 4.78 is 0. The van der Waals surface area contributed by atoms with Crippen molar-refractivity contribution in [2.75, 3.05) is 0 Å². The lowest BCUT2D eigenvalue weighted by Gasteiger charge is -2.29. The van der Waals surface area contributed by atoms with E-state index in [2.05, 4.69) is 17.6 Å². The summed E-state index contributed by atoms with van der Waals surface area (Å²) in [7, 11) is 0. The predicted octanol–water partition coefficient (Wildman–Crippen LogP) is 6.91. The number of ketones is 4. The standard InChI is InChI=1S/C34H33NO4S/c1-33(2,3)26-17-28(36)24(15-30(26)38)32(25-16-31(39)27(18-29(25)37)34(4,5)6)21-9-11-22(12-10-21)35-19-20-7-13-23(40)14-8-20/h7-19,32,40H,1-6H3. The van der Waals surface area contributed by atoms with E-state index < -0.39 is 16.7 Å². The average Bonchev–Trinajstić information content (AvgIpc) is 2.87. The maximum absolute atomic E-state index is 13.5. The molecule has 0 amide bonds. The number of thiol groups is 1. The molecule has 2 aromatic rings. The van der Waals surface area contributed by atoms with Crippen LogP contribution >= 0.6 is 12.6 Å². The van der Waals surface area contributed by atoms with Gasteiger partial charge in [0.2, 0.25) is 0 Å². The molecular weight excluding hydrogens is 518 g/mol. The van der Waals surface area contributed by atoms with Crippen molar-refractivity contribution in [3.8, 4) is 0 Å². The van der Waals surface area contributed by atoms with E-state index in [-0.39, 0.29) is 34.3 Å². The Balaban J connectivity index is 1.76. The molecule has 2 aliphatic carbocycles. The highest BCUT2D eigenvalue weighted by atomic mass is 32.1. The lowest BCUT2D eigenvalue weighted by molar-refractivity contribution is -0.116. The van der Waals surface area contributed by atoms with Gasteiger partial charge in [-0.1, -0.05) is 65.8 Å². The highest BCUT2D eigenvalue weighted by molar-refractivity contribution is 7.80. The van der Waals surface area contributed by atoms with Crippen LogP contribution in [0, 0.1) is 10.8 Å². The summed E-state index contributed by atoms with van der Waals surface area (Å²) in [6, 6.07) is 14.7. The van der Waals surface area contributed by atoms with E-state index in [4.69, 9.17) is 0 Å². The SMILES string of the molecule is CC(C)(C)C1=CC(=O)C(C(C2=CC(=O)C(C(C)(C)C)=CC2=O)c2ccc(N=Cc3ccc(S)cc3)cc2)=CC1=O. The normalized spacial score (nSPS) is 16.8. The van der Waals surface area contributed by atoms with E-state index in [0.717, 1.165) is 10.5 Å². The number of allylic oxidation sites excluding steroid dienone is 8. The summed E-state index contributed by atoms with van der Waals surface area (Å²) in [6.45, 7) is 11.2. The third kappa shape index (κ3) is 6.28. The van der Waals surface area contributed by atoms with Gasteiger partial charge in [0.15, 0.2) is 23.1 Å². The first-order chi connectivity index (χ1) is 18.6. The number of benzene rings is 2. The van der Waals surface area contributed by atoms with Crippen molar-refractivity contribution >= 4 is 47.7 Å². The van der Waals surface area contributed by atoms with Gasteiger partial charge in [-0.25, -0.2) is 0 Å². The number of hydrogen-bond acceptors (Lipinski definition) is 6. The average molecular weight is 552 g/mol. The van der Waals surface area contributed by atoms with E-state index >= 15 is 0 Å². The van der Waals surface area contributed by atoms with Gasteiger partial charge in [0, 0.05) is 39.3 Å². The third-order valence-corrected chi connectivity index (χ3v) is 7.24. The minimum absolute atomic E-state index is 0.168.